The van der Waals surface area contributed by atoms with E-state index in [-0.39, 0.29) is 16.5 Å². The van der Waals surface area contributed by atoms with E-state index in [0.717, 1.165) is 46.7 Å². The Morgan fingerprint density at radius 3 is 1.97 bits per heavy atom. The summed E-state index contributed by atoms with van der Waals surface area (Å²) in [6, 6.07) is 18.9. The molecule has 39 heavy (non-hydrogen) atoms. The Labute approximate surface area is 226 Å². The molecular weight excluding hydrogens is 522 g/mol. The van der Waals surface area contributed by atoms with Crippen LogP contribution >= 0.6 is 0 Å². The fourth-order valence-electron chi connectivity index (χ4n) is 4.75. The summed E-state index contributed by atoms with van der Waals surface area (Å²) in [6.07, 6.45) is 3.63. The molecule has 202 valence electrons. The third-order valence-corrected chi connectivity index (χ3v) is 8.43. The first-order valence-electron chi connectivity index (χ1n) is 12.6. The van der Waals surface area contributed by atoms with Crippen molar-refractivity contribution in [2.75, 3.05) is 26.7 Å². The van der Waals surface area contributed by atoms with Gasteiger partial charge in [0.25, 0.3) is 10.0 Å². The predicted molar refractivity (Wildman–Crippen MR) is 144 cm³/mol. The van der Waals surface area contributed by atoms with Gasteiger partial charge in [0.05, 0.1) is 23.9 Å². The predicted octanol–water partition coefficient (Wildman–Crippen LogP) is 4.94. The first-order valence-corrected chi connectivity index (χ1v) is 14.0. The van der Waals surface area contributed by atoms with E-state index in [9.17, 15) is 17.2 Å². The second-order valence-electron chi connectivity index (χ2n) is 9.35. The maximum atomic E-state index is 13.6. The van der Waals surface area contributed by atoms with Gasteiger partial charge in [-0.25, -0.2) is 8.78 Å². The average Bonchev–Trinajstić information content (AvgIpc) is 3.45. The van der Waals surface area contributed by atoms with Crippen LogP contribution in [0.25, 0.3) is 5.57 Å². The van der Waals surface area contributed by atoms with Gasteiger partial charge in [-0.3, -0.25) is 0 Å². The molecule has 0 spiro atoms. The molecule has 2 heterocycles. The van der Waals surface area contributed by atoms with Crippen LogP contribution in [-0.2, 0) is 16.4 Å². The molecule has 1 aliphatic heterocycles. The van der Waals surface area contributed by atoms with Crippen molar-refractivity contribution in [3.05, 3.63) is 113 Å². The highest BCUT2D eigenvalue weighted by Crippen LogP contribution is 2.32. The Bertz CT molecular complexity index is 1510. The molecule has 0 radical (unpaired) electrons. The normalized spacial score (nSPS) is 14.4. The quantitative estimate of drug-likeness (QED) is 0.309. The maximum absolute atomic E-state index is 13.6. The van der Waals surface area contributed by atoms with Crippen LogP contribution < -0.4 is 4.74 Å². The van der Waals surface area contributed by atoms with E-state index in [2.05, 4.69) is 15.2 Å². The number of halogens is 2. The van der Waals surface area contributed by atoms with Crippen molar-refractivity contribution in [2.24, 2.45) is 0 Å². The lowest BCUT2D eigenvalue weighted by molar-refractivity contribution is 0.259. The molecule has 0 bridgehead atoms. The van der Waals surface area contributed by atoms with Crippen LogP contribution in [0.3, 0.4) is 0 Å². The highest BCUT2D eigenvalue weighted by molar-refractivity contribution is 7.89. The molecule has 1 saturated heterocycles. The molecule has 0 aliphatic carbocycles. The molecule has 1 aliphatic rings. The smallest absolute Gasteiger partial charge is 0.284 e. The molecule has 0 saturated carbocycles. The van der Waals surface area contributed by atoms with Crippen LogP contribution in [0.2, 0.25) is 0 Å². The van der Waals surface area contributed by atoms with E-state index in [1.54, 1.807) is 36.4 Å². The molecule has 1 fully saturated rings. The average molecular weight is 551 g/mol. The van der Waals surface area contributed by atoms with E-state index < -0.39 is 10.0 Å². The van der Waals surface area contributed by atoms with Gasteiger partial charge in [-0.15, -0.1) is 9.19 Å². The van der Waals surface area contributed by atoms with Crippen molar-refractivity contribution in [1.82, 2.24) is 19.3 Å². The number of nitrogens with zero attached hydrogens (tertiary/aromatic N) is 4. The lowest BCUT2D eigenvalue weighted by atomic mass is 9.88. The zero-order chi connectivity index (χ0) is 27.4. The van der Waals surface area contributed by atoms with E-state index in [1.807, 2.05) is 0 Å². The number of piperidine rings is 1. The van der Waals surface area contributed by atoms with Crippen molar-refractivity contribution < 1.29 is 21.9 Å². The third-order valence-electron chi connectivity index (χ3n) is 6.89. The molecule has 10 heteroatoms. The number of hydrogen-bond acceptors (Lipinski definition) is 6. The van der Waals surface area contributed by atoms with Crippen molar-refractivity contribution >= 4 is 15.6 Å². The number of benzene rings is 3. The summed E-state index contributed by atoms with van der Waals surface area (Å²) in [7, 11) is -2.32. The first kappa shape index (κ1) is 26.7. The number of methoxy groups -OCH3 is 1. The highest BCUT2D eigenvalue weighted by Gasteiger charge is 2.22. The van der Waals surface area contributed by atoms with Crippen molar-refractivity contribution in [3.8, 4) is 5.75 Å². The van der Waals surface area contributed by atoms with Gasteiger partial charge in [-0.1, -0.05) is 35.1 Å². The molecule has 5 rings (SSSR count). The van der Waals surface area contributed by atoms with E-state index >= 15 is 0 Å². The second-order valence-corrected chi connectivity index (χ2v) is 11.1. The summed E-state index contributed by atoms with van der Waals surface area (Å²) >= 11 is 0. The van der Waals surface area contributed by atoms with E-state index in [0.29, 0.717) is 24.4 Å². The van der Waals surface area contributed by atoms with Gasteiger partial charge >= 0.3 is 0 Å². The molecule has 3 aromatic carbocycles. The van der Waals surface area contributed by atoms with Gasteiger partial charge in [0.2, 0.25) is 0 Å². The Hall–Kier alpha value is -3.89. The van der Waals surface area contributed by atoms with Gasteiger partial charge in [-0.05, 0) is 78.1 Å². The molecule has 1 aromatic heterocycles. The number of hydrogen-bond donors (Lipinski definition) is 0. The van der Waals surface area contributed by atoms with Gasteiger partial charge in [-0.2, -0.15) is 8.42 Å². The summed E-state index contributed by atoms with van der Waals surface area (Å²) in [5.74, 6) is -0.0354. The summed E-state index contributed by atoms with van der Waals surface area (Å²) in [6.45, 7) is 2.32. The Morgan fingerprint density at radius 1 is 0.872 bits per heavy atom. The Kier molecular flexibility index (Phi) is 7.85. The minimum atomic E-state index is -3.84. The van der Waals surface area contributed by atoms with Crippen molar-refractivity contribution in [2.45, 2.75) is 24.2 Å². The molecule has 0 unspecified atom stereocenters. The molecular formula is C29H28F2N4O3S. The second kappa shape index (κ2) is 11.5. The van der Waals surface area contributed by atoms with Crippen LogP contribution in [-0.4, -0.2) is 54.5 Å². The summed E-state index contributed by atoms with van der Waals surface area (Å²) in [5, 5.41) is 7.93. The van der Waals surface area contributed by atoms with Gasteiger partial charge in [0.1, 0.15) is 17.4 Å². The molecule has 7 nitrogen and oxygen atoms in total. The monoisotopic (exact) mass is 550 g/mol. The maximum Gasteiger partial charge on any atom is 0.284 e. The first-order chi connectivity index (χ1) is 18.8. The van der Waals surface area contributed by atoms with Crippen LogP contribution in [0.15, 0.2) is 89.5 Å². The zero-order valence-electron chi connectivity index (χ0n) is 21.4. The Morgan fingerprint density at radius 2 is 1.44 bits per heavy atom. The van der Waals surface area contributed by atoms with Crippen LogP contribution in [0.1, 0.15) is 29.7 Å². The van der Waals surface area contributed by atoms with Gasteiger partial charge in [0, 0.05) is 26.1 Å². The number of ether oxygens (including phenoxy) is 1. The number of rotatable bonds is 8. The van der Waals surface area contributed by atoms with Crippen LogP contribution in [0.4, 0.5) is 8.78 Å². The zero-order valence-corrected chi connectivity index (χ0v) is 22.2. The highest BCUT2D eigenvalue weighted by atomic mass is 32.2. The summed E-state index contributed by atoms with van der Waals surface area (Å²) < 4.78 is 58.9. The molecule has 0 amide bonds. The largest absolute Gasteiger partial charge is 0.497 e. The minimum Gasteiger partial charge on any atom is -0.497 e. The minimum absolute atomic E-state index is 0.105. The van der Waals surface area contributed by atoms with Crippen LogP contribution in [0.5, 0.6) is 5.75 Å². The molecule has 4 aromatic rings. The lowest BCUT2D eigenvalue weighted by Crippen LogP contribution is -2.33. The van der Waals surface area contributed by atoms with E-state index in [4.69, 9.17) is 4.74 Å². The van der Waals surface area contributed by atoms with Gasteiger partial charge < -0.3 is 9.64 Å². The summed E-state index contributed by atoms with van der Waals surface area (Å²) in [5.41, 5.74) is 4.65. The number of likely N-dealkylation sites (tertiary alicyclic amines) is 1. The van der Waals surface area contributed by atoms with Gasteiger partial charge in [0.15, 0.2) is 0 Å². The van der Waals surface area contributed by atoms with E-state index in [1.165, 1.54) is 55.3 Å². The molecule has 0 atom stereocenters. The summed E-state index contributed by atoms with van der Waals surface area (Å²) in [4.78, 5) is 2.40. The SMILES string of the molecule is COc1ccc(S(=O)(=O)n2cc(CCN3CCC(=C(c4ccc(F)cc4)c4ccc(F)cc4)CC3)nn2)cc1. The topological polar surface area (TPSA) is 77.3 Å². The standard InChI is InChI=1S/C29H28F2N4O3S/c1-38-27-10-12-28(13-11-27)39(36,37)35-20-26(32-33-35)16-19-34-17-14-23(15-18-34)29(21-2-6-24(30)7-3-21)22-4-8-25(31)9-5-22/h2-13,20H,14-19H2,1H3. The molecule has 0 N–H and O–H groups in total. The number of aromatic nitrogens is 3. The van der Waals surface area contributed by atoms with Crippen molar-refractivity contribution in [3.63, 3.8) is 0 Å². The lowest BCUT2D eigenvalue weighted by Gasteiger charge is -2.30. The fraction of sp³-hybridized carbons (Fsp3) is 0.241. The van der Waals surface area contributed by atoms with Crippen molar-refractivity contribution in [1.29, 1.82) is 0 Å². The fourth-order valence-corrected chi connectivity index (χ4v) is 5.83. The third kappa shape index (κ3) is 6.07. The Balaban J connectivity index is 1.25. The van der Waals surface area contributed by atoms with Crippen LogP contribution in [0, 0.1) is 11.6 Å².